The number of benzene rings is 2. The van der Waals surface area contributed by atoms with Crippen molar-refractivity contribution in [2.45, 2.75) is 48.0 Å². The fraction of sp³-hybridized carbons (Fsp3) is 0.367. The lowest BCUT2D eigenvalue weighted by atomic mass is 9.97. The van der Waals surface area contributed by atoms with E-state index in [0.717, 1.165) is 0 Å². The number of hydrogen-bond acceptors (Lipinski definition) is 7. The molecule has 0 aliphatic heterocycles. The average Bonchev–Trinajstić information content (AvgIpc) is 2.82. The van der Waals surface area contributed by atoms with Gasteiger partial charge in [0.05, 0.1) is 25.0 Å². The van der Waals surface area contributed by atoms with Crippen LogP contribution in [0, 0.1) is 10.8 Å². The normalized spacial score (nSPS) is 11.9. The molecule has 0 bridgehead atoms. The molecule has 0 aromatic heterocycles. The van der Waals surface area contributed by atoms with Crippen molar-refractivity contribution in [3.63, 3.8) is 0 Å². The molecule has 7 heteroatoms. The topological polar surface area (TPSA) is 88.1 Å². The van der Waals surface area contributed by atoms with E-state index in [1.54, 1.807) is 90.1 Å². The molecule has 0 atom stereocenters. The van der Waals surface area contributed by atoms with Gasteiger partial charge < -0.3 is 18.9 Å². The molecule has 0 heterocycles. The predicted octanol–water partition coefficient (Wildman–Crippen LogP) is 6.20. The van der Waals surface area contributed by atoms with E-state index < -0.39 is 10.8 Å². The first-order valence-electron chi connectivity index (χ1n) is 11.9. The van der Waals surface area contributed by atoms with Crippen LogP contribution < -0.4 is 14.2 Å². The van der Waals surface area contributed by atoms with E-state index in [2.05, 4.69) is 6.58 Å². The van der Waals surface area contributed by atoms with Crippen molar-refractivity contribution in [3.05, 3.63) is 71.5 Å². The fourth-order valence-electron chi connectivity index (χ4n) is 3.01. The lowest BCUT2D eigenvalue weighted by Gasteiger charge is -2.19. The zero-order chi connectivity index (χ0) is 28.0. The van der Waals surface area contributed by atoms with E-state index in [-0.39, 0.29) is 23.5 Å². The molecule has 198 valence electrons. The monoisotopic (exact) mass is 508 g/mol. The maximum absolute atomic E-state index is 13.2. The SMILES string of the molecule is C=CCc1cc(C=C(OC)C(=O)c2ccc(OC(=O)C(C)(C)C)cc2)c(OC)cc1OC(=O)C(C)(C)C. The van der Waals surface area contributed by atoms with Crippen LogP contribution in [-0.4, -0.2) is 31.9 Å². The first-order valence-corrected chi connectivity index (χ1v) is 11.9. The van der Waals surface area contributed by atoms with Gasteiger partial charge in [-0.2, -0.15) is 0 Å². The van der Waals surface area contributed by atoms with Crippen LogP contribution in [0.3, 0.4) is 0 Å². The second-order valence-corrected chi connectivity index (χ2v) is 10.5. The van der Waals surface area contributed by atoms with Crippen LogP contribution in [0.25, 0.3) is 6.08 Å². The molecule has 0 amide bonds. The Bertz CT molecular complexity index is 1190. The van der Waals surface area contributed by atoms with Gasteiger partial charge in [-0.1, -0.05) is 6.08 Å². The van der Waals surface area contributed by atoms with Crippen LogP contribution in [0.1, 0.15) is 63.0 Å². The molecule has 2 rings (SSSR count). The number of methoxy groups -OCH3 is 2. The maximum Gasteiger partial charge on any atom is 0.316 e. The van der Waals surface area contributed by atoms with E-state index in [0.29, 0.717) is 40.4 Å². The molecule has 0 aliphatic rings. The quantitative estimate of drug-likeness (QED) is 0.0995. The molecule has 7 nitrogen and oxygen atoms in total. The zero-order valence-electron chi connectivity index (χ0n) is 22.9. The summed E-state index contributed by atoms with van der Waals surface area (Å²) in [5, 5.41) is 0. The van der Waals surface area contributed by atoms with Gasteiger partial charge in [0, 0.05) is 17.2 Å². The second kappa shape index (κ2) is 11.9. The molecule has 0 unspecified atom stereocenters. The number of allylic oxidation sites excluding steroid dienone is 2. The highest BCUT2D eigenvalue weighted by molar-refractivity contribution is 6.10. The summed E-state index contributed by atoms with van der Waals surface area (Å²) in [5.74, 6) is 0.0514. The third-order valence-corrected chi connectivity index (χ3v) is 5.26. The predicted molar refractivity (Wildman–Crippen MR) is 143 cm³/mol. The molecule has 0 radical (unpaired) electrons. The van der Waals surface area contributed by atoms with Crippen molar-refractivity contribution in [1.29, 1.82) is 0 Å². The fourth-order valence-corrected chi connectivity index (χ4v) is 3.01. The molecule has 0 fully saturated rings. The summed E-state index contributed by atoms with van der Waals surface area (Å²) in [6.07, 6.45) is 3.69. The molecular weight excluding hydrogens is 472 g/mol. The Morgan fingerprint density at radius 1 is 0.838 bits per heavy atom. The summed E-state index contributed by atoms with van der Waals surface area (Å²) in [5.41, 5.74) is 0.283. The molecular formula is C30H36O7. The van der Waals surface area contributed by atoms with Gasteiger partial charge in [-0.05, 0) is 89.9 Å². The number of carbonyl (C=O) groups is 3. The Labute approximate surface area is 219 Å². The summed E-state index contributed by atoms with van der Waals surface area (Å²) in [6.45, 7) is 14.4. The number of ether oxygens (including phenoxy) is 4. The number of Topliss-reactive ketones (excluding diaryl/α,β-unsaturated/α-hetero) is 1. The minimum Gasteiger partial charge on any atom is -0.496 e. The lowest BCUT2D eigenvalue weighted by molar-refractivity contribution is -0.143. The number of ketones is 1. The van der Waals surface area contributed by atoms with Crippen molar-refractivity contribution in [2.24, 2.45) is 10.8 Å². The molecule has 0 aliphatic carbocycles. The highest BCUT2D eigenvalue weighted by Crippen LogP contribution is 2.33. The lowest BCUT2D eigenvalue weighted by Crippen LogP contribution is -2.26. The summed E-state index contributed by atoms with van der Waals surface area (Å²) in [7, 11) is 2.89. The maximum atomic E-state index is 13.2. The summed E-state index contributed by atoms with van der Waals surface area (Å²) >= 11 is 0. The van der Waals surface area contributed by atoms with Gasteiger partial charge in [0.25, 0.3) is 0 Å². The molecule has 0 N–H and O–H groups in total. The van der Waals surface area contributed by atoms with Crippen molar-refractivity contribution in [2.75, 3.05) is 14.2 Å². The van der Waals surface area contributed by atoms with Crippen LogP contribution in [0.4, 0.5) is 0 Å². The van der Waals surface area contributed by atoms with Gasteiger partial charge in [0.2, 0.25) is 5.78 Å². The first-order chi connectivity index (χ1) is 17.2. The molecule has 2 aromatic rings. The van der Waals surface area contributed by atoms with Crippen molar-refractivity contribution in [3.8, 4) is 17.2 Å². The Kier molecular flexibility index (Phi) is 9.45. The minimum atomic E-state index is -0.687. The van der Waals surface area contributed by atoms with E-state index in [1.165, 1.54) is 14.2 Å². The van der Waals surface area contributed by atoms with E-state index >= 15 is 0 Å². The smallest absolute Gasteiger partial charge is 0.316 e. The highest BCUT2D eigenvalue weighted by Gasteiger charge is 2.26. The molecule has 0 saturated heterocycles. The molecule has 2 aromatic carbocycles. The van der Waals surface area contributed by atoms with Crippen molar-refractivity contribution < 1.29 is 33.3 Å². The number of rotatable bonds is 9. The van der Waals surface area contributed by atoms with E-state index in [1.807, 2.05) is 0 Å². The summed E-state index contributed by atoms with van der Waals surface area (Å²) in [4.78, 5) is 37.8. The largest absolute Gasteiger partial charge is 0.496 e. The Morgan fingerprint density at radius 3 is 1.89 bits per heavy atom. The number of hydrogen-bond donors (Lipinski definition) is 0. The van der Waals surface area contributed by atoms with Gasteiger partial charge in [0.15, 0.2) is 5.76 Å². The van der Waals surface area contributed by atoms with Crippen molar-refractivity contribution in [1.82, 2.24) is 0 Å². The van der Waals surface area contributed by atoms with Crippen LogP contribution in [0.5, 0.6) is 17.2 Å². The van der Waals surface area contributed by atoms with E-state index in [4.69, 9.17) is 18.9 Å². The zero-order valence-corrected chi connectivity index (χ0v) is 22.9. The summed E-state index contributed by atoms with van der Waals surface area (Å²) < 4.78 is 21.9. The molecule has 37 heavy (non-hydrogen) atoms. The summed E-state index contributed by atoms with van der Waals surface area (Å²) in [6, 6.07) is 9.64. The van der Waals surface area contributed by atoms with Gasteiger partial charge in [-0.3, -0.25) is 14.4 Å². The highest BCUT2D eigenvalue weighted by atomic mass is 16.5. The van der Waals surface area contributed by atoms with Crippen LogP contribution in [-0.2, 0) is 20.7 Å². The van der Waals surface area contributed by atoms with Gasteiger partial charge >= 0.3 is 11.9 Å². The number of carbonyl (C=O) groups excluding carboxylic acids is 3. The Balaban J connectivity index is 2.41. The first kappa shape index (κ1) is 29.4. The molecule has 0 saturated carbocycles. The van der Waals surface area contributed by atoms with E-state index in [9.17, 15) is 14.4 Å². The average molecular weight is 509 g/mol. The van der Waals surface area contributed by atoms with Gasteiger partial charge in [0.1, 0.15) is 17.2 Å². The van der Waals surface area contributed by atoms with Gasteiger partial charge in [-0.15, -0.1) is 6.58 Å². The Hall–Kier alpha value is -3.87. The van der Waals surface area contributed by atoms with Crippen LogP contribution >= 0.6 is 0 Å². The number of esters is 2. The molecule has 0 spiro atoms. The van der Waals surface area contributed by atoms with Gasteiger partial charge in [-0.25, -0.2) is 0 Å². The Morgan fingerprint density at radius 2 is 1.41 bits per heavy atom. The van der Waals surface area contributed by atoms with Crippen LogP contribution in [0.15, 0.2) is 54.8 Å². The van der Waals surface area contributed by atoms with Crippen LogP contribution in [0.2, 0.25) is 0 Å². The second-order valence-electron chi connectivity index (χ2n) is 10.5. The standard InChI is InChI=1S/C30H36O7/c1-10-11-20-16-21(23(34-8)18-24(20)37-28(33)30(5,6)7)17-25(35-9)26(31)19-12-14-22(15-13-19)36-27(32)29(2,3)4/h10,12-18H,1,11H2,2-9H3. The third-order valence-electron chi connectivity index (χ3n) is 5.26. The third kappa shape index (κ3) is 7.81. The van der Waals surface area contributed by atoms with Crippen molar-refractivity contribution >= 4 is 23.8 Å². The minimum absolute atomic E-state index is 0.0710.